The highest BCUT2D eigenvalue weighted by Crippen LogP contribution is 2.29. The zero-order valence-electron chi connectivity index (χ0n) is 12.8. The number of hydrogen-bond acceptors (Lipinski definition) is 3. The number of aryl methyl sites for hydroxylation is 1. The third-order valence-electron chi connectivity index (χ3n) is 3.43. The molecule has 0 unspecified atom stereocenters. The standard InChI is InChI=1S/C16H24N2O2/c1-11-13(10-20-9-12-5-6-12)7-8-14(17-11)18-15(19)16(2,3)4/h7-8,12H,5-6,9-10H2,1-4H3,(H,17,18,19). The molecule has 4 nitrogen and oxygen atoms in total. The molecule has 4 heteroatoms. The van der Waals surface area contributed by atoms with Crippen molar-refractivity contribution in [2.45, 2.75) is 47.1 Å². The van der Waals surface area contributed by atoms with Crippen LogP contribution in [-0.2, 0) is 16.1 Å². The SMILES string of the molecule is Cc1nc(NC(=O)C(C)(C)C)ccc1COCC1CC1. The van der Waals surface area contributed by atoms with Crippen molar-refractivity contribution in [1.29, 1.82) is 0 Å². The summed E-state index contributed by atoms with van der Waals surface area (Å²) in [6.45, 7) is 9.05. The summed E-state index contributed by atoms with van der Waals surface area (Å²) in [5.74, 6) is 1.35. The summed E-state index contributed by atoms with van der Waals surface area (Å²) in [5, 5.41) is 2.84. The van der Waals surface area contributed by atoms with Crippen LogP contribution in [0.1, 0.15) is 44.9 Å². The molecule has 0 bridgehead atoms. The monoisotopic (exact) mass is 276 g/mol. The minimum absolute atomic E-state index is 0.0258. The summed E-state index contributed by atoms with van der Waals surface area (Å²) in [4.78, 5) is 16.3. The maximum Gasteiger partial charge on any atom is 0.230 e. The van der Waals surface area contributed by atoms with Crippen molar-refractivity contribution in [2.75, 3.05) is 11.9 Å². The number of aromatic nitrogens is 1. The van der Waals surface area contributed by atoms with Crippen LogP contribution in [0.2, 0.25) is 0 Å². The molecule has 1 aliphatic carbocycles. The number of hydrogen-bond donors (Lipinski definition) is 1. The topological polar surface area (TPSA) is 51.2 Å². The predicted molar refractivity (Wildman–Crippen MR) is 79.4 cm³/mol. The quantitative estimate of drug-likeness (QED) is 0.897. The fourth-order valence-electron chi connectivity index (χ4n) is 1.74. The molecule has 0 radical (unpaired) electrons. The van der Waals surface area contributed by atoms with E-state index >= 15 is 0 Å². The van der Waals surface area contributed by atoms with Crippen molar-refractivity contribution >= 4 is 11.7 Å². The number of nitrogens with one attached hydrogen (secondary N) is 1. The van der Waals surface area contributed by atoms with E-state index in [1.165, 1.54) is 12.8 Å². The van der Waals surface area contributed by atoms with Gasteiger partial charge in [0, 0.05) is 17.7 Å². The van der Waals surface area contributed by atoms with Gasteiger partial charge >= 0.3 is 0 Å². The van der Waals surface area contributed by atoms with Crippen LogP contribution in [0.4, 0.5) is 5.82 Å². The minimum Gasteiger partial charge on any atom is -0.376 e. The van der Waals surface area contributed by atoms with Gasteiger partial charge in [-0.2, -0.15) is 0 Å². The van der Waals surface area contributed by atoms with E-state index < -0.39 is 5.41 Å². The summed E-state index contributed by atoms with van der Waals surface area (Å²) in [7, 11) is 0. The molecule has 110 valence electrons. The minimum atomic E-state index is -0.415. The highest BCUT2D eigenvalue weighted by atomic mass is 16.5. The Labute approximate surface area is 120 Å². The Bertz CT molecular complexity index is 488. The zero-order chi connectivity index (χ0) is 14.8. The maximum atomic E-state index is 11.9. The van der Waals surface area contributed by atoms with E-state index in [0.717, 1.165) is 23.8 Å². The van der Waals surface area contributed by atoms with Crippen LogP contribution < -0.4 is 5.32 Å². The Morgan fingerprint density at radius 2 is 2.10 bits per heavy atom. The number of amides is 1. The predicted octanol–water partition coefficient (Wildman–Crippen LogP) is 3.30. The normalized spacial score (nSPS) is 15.2. The third kappa shape index (κ3) is 4.30. The molecular formula is C16H24N2O2. The first-order valence-electron chi connectivity index (χ1n) is 7.22. The van der Waals surface area contributed by atoms with Crippen molar-refractivity contribution in [2.24, 2.45) is 11.3 Å². The van der Waals surface area contributed by atoms with Crippen LogP contribution in [0.15, 0.2) is 12.1 Å². The van der Waals surface area contributed by atoms with E-state index in [1.54, 1.807) is 0 Å². The molecule has 0 aromatic carbocycles. The van der Waals surface area contributed by atoms with Crippen molar-refractivity contribution < 1.29 is 9.53 Å². The van der Waals surface area contributed by atoms with Crippen LogP contribution in [-0.4, -0.2) is 17.5 Å². The van der Waals surface area contributed by atoms with Gasteiger partial charge in [-0.05, 0) is 37.3 Å². The maximum absolute atomic E-state index is 11.9. The summed E-state index contributed by atoms with van der Waals surface area (Å²) in [5.41, 5.74) is 1.58. The molecule has 1 saturated carbocycles. The van der Waals surface area contributed by atoms with Gasteiger partial charge in [-0.3, -0.25) is 4.79 Å². The van der Waals surface area contributed by atoms with Crippen molar-refractivity contribution in [3.05, 3.63) is 23.4 Å². The van der Waals surface area contributed by atoms with Gasteiger partial charge in [0.15, 0.2) is 0 Å². The van der Waals surface area contributed by atoms with Crippen LogP contribution in [0.25, 0.3) is 0 Å². The molecule has 1 aromatic rings. The lowest BCUT2D eigenvalue weighted by Gasteiger charge is -2.17. The largest absolute Gasteiger partial charge is 0.376 e. The van der Waals surface area contributed by atoms with Gasteiger partial charge < -0.3 is 10.1 Å². The first-order chi connectivity index (χ1) is 9.36. The molecule has 0 saturated heterocycles. The van der Waals surface area contributed by atoms with E-state index in [-0.39, 0.29) is 5.91 Å². The lowest BCUT2D eigenvalue weighted by molar-refractivity contribution is -0.123. The first kappa shape index (κ1) is 15.0. The first-order valence-corrected chi connectivity index (χ1v) is 7.22. The number of anilines is 1. The Morgan fingerprint density at radius 1 is 1.40 bits per heavy atom. The fourth-order valence-corrected chi connectivity index (χ4v) is 1.74. The van der Waals surface area contributed by atoms with Gasteiger partial charge in [0.2, 0.25) is 5.91 Å². The Kier molecular flexibility index (Phi) is 4.43. The number of pyridine rings is 1. The van der Waals surface area contributed by atoms with E-state index in [9.17, 15) is 4.79 Å². The summed E-state index contributed by atoms with van der Waals surface area (Å²) in [6.07, 6.45) is 2.60. The van der Waals surface area contributed by atoms with Gasteiger partial charge in [0.05, 0.1) is 6.61 Å². The van der Waals surface area contributed by atoms with Crippen LogP contribution in [0.5, 0.6) is 0 Å². The fraction of sp³-hybridized carbons (Fsp3) is 0.625. The molecule has 0 spiro atoms. The molecule has 20 heavy (non-hydrogen) atoms. The third-order valence-corrected chi connectivity index (χ3v) is 3.43. The Hall–Kier alpha value is -1.42. The lowest BCUT2D eigenvalue weighted by atomic mass is 9.96. The van der Waals surface area contributed by atoms with Crippen molar-refractivity contribution in [3.8, 4) is 0 Å². The van der Waals surface area contributed by atoms with E-state index in [1.807, 2.05) is 39.8 Å². The molecular weight excluding hydrogens is 252 g/mol. The average Bonchev–Trinajstić information content (AvgIpc) is 3.14. The number of nitrogens with zero attached hydrogens (tertiary/aromatic N) is 1. The number of rotatable bonds is 5. The lowest BCUT2D eigenvalue weighted by Crippen LogP contribution is -2.28. The van der Waals surface area contributed by atoms with Crippen LogP contribution >= 0.6 is 0 Å². The molecule has 1 heterocycles. The van der Waals surface area contributed by atoms with Gasteiger partial charge in [0.1, 0.15) is 5.82 Å². The van der Waals surface area contributed by atoms with Crippen LogP contribution in [0.3, 0.4) is 0 Å². The van der Waals surface area contributed by atoms with Crippen molar-refractivity contribution in [3.63, 3.8) is 0 Å². The Morgan fingerprint density at radius 3 is 2.65 bits per heavy atom. The molecule has 0 atom stereocenters. The molecule has 0 aliphatic heterocycles. The molecule has 1 fully saturated rings. The second-order valence-electron chi connectivity index (χ2n) is 6.60. The molecule has 1 N–H and O–H groups in total. The van der Waals surface area contributed by atoms with Crippen LogP contribution in [0, 0.1) is 18.3 Å². The number of ether oxygens (including phenoxy) is 1. The van der Waals surface area contributed by atoms with Crippen molar-refractivity contribution in [1.82, 2.24) is 4.98 Å². The Balaban J connectivity index is 1.92. The molecule has 1 aromatic heterocycles. The second kappa shape index (κ2) is 5.92. The summed E-state index contributed by atoms with van der Waals surface area (Å²) >= 11 is 0. The highest BCUT2D eigenvalue weighted by molar-refractivity contribution is 5.93. The molecule has 1 aliphatic rings. The number of carbonyl (C=O) groups excluding carboxylic acids is 1. The van der Waals surface area contributed by atoms with Gasteiger partial charge in [-0.1, -0.05) is 26.8 Å². The van der Waals surface area contributed by atoms with Gasteiger partial charge in [-0.15, -0.1) is 0 Å². The van der Waals surface area contributed by atoms with E-state index in [0.29, 0.717) is 12.4 Å². The highest BCUT2D eigenvalue weighted by Gasteiger charge is 2.22. The van der Waals surface area contributed by atoms with E-state index in [2.05, 4.69) is 10.3 Å². The molecule has 2 rings (SSSR count). The smallest absolute Gasteiger partial charge is 0.230 e. The van der Waals surface area contributed by atoms with E-state index in [4.69, 9.17) is 4.74 Å². The molecule has 1 amide bonds. The average molecular weight is 276 g/mol. The zero-order valence-corrected chi connectivity index (χ0v) is 12.8. The summed E-state index contributed by atoms with van der Waals surface area (Å²) < 4.78 is 5.67. The number of carbonyl (C=O) groups is 1. The second-order valence-corrected chi connectivity index (χ2v) is 6.60. The van der Waals surface area contributed by atoms with Gasteiger partial charge in [-0.25, -0.2) is 4.98 Å². The van der Waals surface area contributed by atoms with Gasteiger partial charge in [0.25, 0.3) is 0 Å². The summed E-state index contributed by atoms with van der Waals surface area (Å²) in [6, 6.07) is 3.82.